The van der Waals surface area contributed by atoms with Crippen molar-refractivity contribution in [3.63, 3.8) is 0 Å². The molecule has 0 spiro atoms. The highest BCUT2D eigenvalue weighted by molar-refractivity contribution is 7.88. The quantitative estimate of drug-likeness (QED) is 0.889. The number of nitrogens with two attached hydrogens (primary N) is 1. The number of aryl methyl sites for hydroxylation is 1. The molecule has 1 fully saturated rings. The highest BCUT2D eigenvalue weighted by atomic mass is 32.2. The molecule has 7 heteroatoms. The fourth-order valence-corrected chi connectivity index (χ4v) is 3.62. The minimum Gasteiger partial charge on any atom is -0.329 e. The summed E-state index contributed by atoms with van der Waals surface area (Å²) in [5.74, 6) is -0.274. The van der Waals surface area contributed by atoms with Gasteiger partial charge in [0.1, 0.15) is 5.82 Å². The summed E-state index contributed by atoms with van der Waals surface area (Å²) in [6, 6.07) is 4.63. The number of piperazine rings is 1. The van der Waals surface area contributed by atoms with Crippen molar-refractivity contribution in [1.82, 2.24) is 9.21 Å². The van der Waals surface area contributed by atoms with E-state index in [0.717, 1.165) is 11.1 Å². The lowest BCUT2D eigenvalue weighted by Crippen LogP contribution is -2.50. The monoisotopic (exact) mass is 315 g/mol. The van der Waals surface area contributed by atoms with Crippen molar-refractivity contribution in [1.29, 1.82) is 0 Å². The van der Waals surface area contributed by atoms with E-state index in [1.54, 1.807) is 6.07 Å². The molecule has 0 aromatic heterocycles. The van der Waals surface area contributed by atoms with Gasteiger partial charge in [-0.2, -0.15) is 4.31 Å². The summed E-state index contributed by atoms with van der Waals surface area (Å²) in [5, 5.41) is 0. The lowest BCUT2D eigenvalue weighted by molar-refractivity contribution is 0.140. The molecule has 0 saturated carbocycles. The molecule has 1 aliphatic heterocycles. The molecule has 2 N–H and O–H groups in total. The van der Waals surface area contributed by atoms with Gasteiger partial charge in [-0.15, -0.1) is 0 Å². The maximum absolute atomic E-state index is 13.5. The first-order chi connectivity index (χ1) is 9.82. The van der Waals surface area contributed by atoms with E-state index in [0.29, 0.717) is 32.7 Å². The molecule has 0 aliphatic carbocycles. The number of rotatable bonds is 4. The molecule has 118 valence electrons. The number of hydrogen-bond acceptors (Lipinski definition) is 4. The zero-order valence-corrected chi connectivity index (χ0v) is 13.2. The first-order valence-electron chi connectivity index (χ1n) is 6.98. The van der Waals surface area contributed by atoms with Crippen LogP contribution in [0.5, 0.6) is 0 Å². The van der Waals surface area contributed by atoms with Crippen LogP contribution in [0.1, 0.15) is 17.2 Å². The van der Waals surface area contributed by atoms with Crippen molar-refractivity contribution in [2.45, 2.75) is 13.0 Å². The minimum atomic E-state index is -3.15. The van der Waals surface area contributed by atoms with Gasteiger partial charge >= 0.3 is 0 Å². The Morgan fingerprint density at radius 2 is 1.90 bits per heavy atom. The number of nitrogens with zero attached hydrogens (tertiary/aromatic N) is 2. The summed E-state index contributed by atoms with van der Waals surface area (Å²) < 4.78 is 38.0. The Bertz CT molecular complexity index is 598. The second-order valence-electron chi connectivity index (χ2n) is 5.45. The summed E-state index contributed by atoms with van der Waals surface area (Å²) in [6.07, 6.45) is 1.22. The zero-order valence-electron chi connectivity index (χ0n) is 12.4. The average Bonchev–Trinajstić information content (AvgIpc) is 2.43. The third-order valence-corrected chi connectivity index (χ3v) is 5.31. The van der Waals surface area contributed by atoms with Crippen LogP contribution in [-0.2, 0) is 10.0 Å². The van der Waals surface area contributed by atoms with Crippen LogP contribution in [0, 0.1) is 12.7 Å². The van der Waals surface area contributed by atoms with E-state index < -0.39 is 10.0 Å². The number of sulfonamides is 1. The number of halogens is 1. The Labute approximate surface area is 125 Å². The molecular formula is C14H22FN3O2S. The van der Waals surface area contributed by atoms with Crippen LogP contribution in [0.2, 0.25) is 0 Å². The summed E-state index contributed by atoms with van der Waals surface area (Å²) in [6.45, 7) is 4.41. The third-order valence-electron chi connectivity index (χ3n) is 4.01. The molecule has 1 saturated heterocycles. The summed E-state index contributed by atoms with van der Waals surface area (Å²) in [4.78, 5) is 2.13. The van der Waals surface area contributed by atoms with Gasteiger partial charge in [0, 0.05) is 38.8 Å². The molecule has 1 heterocycles. The molecule has 1 aliphatic rings. The van der Waals surface area contributed by atoms with Gasteiger partial charge in [0.25, 0.3) is 0 Å². The molecule has 2 rings (SSSR count). The van der Waals surface area contributed by atoms with E-state index >= 15 is 0 Å². The third kappa shape index (κ3) is 3.79. The van der Waals surface area contributed by atoms with Gasteiger partial charge in [-0.3, -0.25) is 4.90 Å². The van der Waals surface area contributed by atoms with Crippen LogP contribution in [-0.4, -0.2) is 56.6 Å². The Balaban J connectivity index is 2.15. The Morgan fingerprint density at radius 1 is 1.29 bits per heavy atom. The fraction of sp³-hybridized carbons (Fsp3) is 0.571. The van der Waals surface area contributed by atoms with Crippen LogP contribution >= 0.6 is 0 Å². The molecule has 21 heavy (non-hydrogen) atoms. The highest BCUT2D eigenvalue weighted by Crippen LogP contribution is 2.25. The van der Waals surface area contributed by atoms with Crippen molar-refractivity contribution >= 4 is 10.0 Å². The van der Waals surface area contributed by atoms with Gasteiger partial charge in [0.05, 0.1) is 6.26 Å². The zero-order chi connectivity index (χ0) is 15.6. The molecular weight excluding hydrogens is 293 g/mol. The molecule has 1 aromatic rings. The van der Waals surface area contributed by atoms with Crippen LogP contribution in [0.3, 0.4) is 0 Å². The lowest BCUT2D eigenvalue weighted by atomic mass is 9.99. The summed E-state index contributed by atoms with van der Waals surface area (Å²) >= 11 is 0. The van der Waals surface area contributed by atoms with E-state index in [1.807, 2.05) is 6.92 Å². The van der Waals surface area contributed by atoms with Gasteiger partial charge in [-0.1, -0.05) is 6.07 Å². The standard InChI is InChI=1S/C14H22FN3O2S/c1-11-3-4-12(15)9-13(11)14(10-16)17-5-7-18(8-6-17)21(2,19)20/h3-4,9,14H,5-8,10,16H2,1-2H3. The largest absolute Gasteiger partial charge is 0.329 e. The topological polar surface area (TPSA) is 66.6 Å². The van der Waals surface area contributed by atoms with Crippen molar-refractivity contribution in [2.75, 3.05) is 39.0 Å². The van der Waals surface area contributed by atoms with Crippen molar-refractivity contribution in [3.8, 4) is 0 Å². The first-order valence-corrected chi connectivity index (χ1v) is 8.83. The molecule has 0 bridgehead atoms. The Morgan fingerprint density at radius 3 is 2.43 bits per heavy atom. The molecule has 0 radical (unpaired) electrons. The second kappa shape index (κ2) is 6.39. The predicted octanol–water partition coefficient (Wildman–Crippen LogP) is 0.711. The smallest absolute Gasteiger partial charge is 0.211 e. The second-order valence-corrected chi connectivity index (χ2v) is 7.43. The predicted molar refractivity (Wildman–Crippen MR) is 80.9 cm³/mol. The van der Waals surface area contributed by atoms with E-state index in [-0.39, 0.29) is 11.9 Å². The van der Waals surface area contributed by atoms with Crippen molar-refractivity contribution in [3.05, 3.63) is 35.1 Å². The van der Waals surface area contributed by atoms with E-state index in [1.165, 1.54) is 22.7 Å². The van der Waals surface area contributed by atoms with Crippen molar-refractivity contribution < 1.29 is 12.8 Å². The van der Waals surface area contributed by atoms with Gasteiger partial charge in [0.15, 0.2) is 0 Å². The van der Waals surface area contributed by atoms with Gasteiger partial charge in [-0.25, -0.2) is 12.8 Å². The summed E-state index contributed by atoms with van der Waals surface area (Å²) in [5.41, 5.74) is 7.76. The van der Waals surface area contributed by atoms with Crippen LogP contribution in [0.25, 0.3) is 0 Å². The summed E-state index contributed by atoms with van der Waals surface area (Å²) in [7, 11) is -3.15. The molecule has 1 unspecified atom stereocenters. The van der Waals surface area contributed by atoms with Gasteiger partial charge in [0.2, 0.25) is 10.0 Å². The first kappa shape index (κ1) is 16.4. The van der Waals surface area contributed by atoms with Crippen LogP contribution in [0.15, 0.2) is 18.2 Å². The fourth-order valence-electron chi connectivity index (χ4n) is 2.79. The Hall–Kier alpha value is -1.02. The van der Waals surface area contributed by atoms with E-state index in [2.05, 4.69) is 4.90 Å². The number of benzene rings is 1. The normalized spacial score (nSPS) is 19.6. The van der Waals surface area contributed by atoms with Gasteiger partial charge < -0.3 is 5.73 Å². The maximum atomic E-state index is 13.5. The van der Waals surface area contributed by atoms with E-state index in [9.17, 15) is 12.8 Å². The van der Waals surface area contributed by atoms with E-state index in [4.69, 9.17) is 5.73 Å². The lowest BCUT2D eigenvalue weighted by Gasteiger charge is -2.38. The highest BCUT2D eigenvalue weighted by Gasteiger charge is 2.28. The van der Waals surface area contributed by atoms with Gasteiger partial charge in [-0.05, 0) is 30.2 Å². The van der Waals surface area contributed by atoms with Crippen LogP contribution < -0.4 is 5.73 Å². The average molecular weight is 315 g/mol. The molecule has 0 amide bonds. The minimum absolute atomic E-state index is 0.0811. The SMILES string of the molecule is Cc1ccc(F)cc1C(CN)N1CCN(S(C)(=O)=O)CC1. The van der Waals surface area contributed by atoms with Crippen molar-refractivity contribution in [2.24, 2.45) is 5.73 Å². The molecule has 1 aromatic carbocycles. The number of hydrogen-bond donors (Lipinski definition) is 1. The maximum Gasteiger partial charge on any atom is 0.211 e. The van der Waals surface area contributed by atoms with Crippen LogP contribution in [0.4, 0.5) is 4.39 Å². The Kier molecular flexibility index (Phi) is 4.98. The molecule has 5 nitrogen and oxygen atoms in total. The molecule has 1 atom stereocenters.